The monoisotopic (exact) mass is 486 g/mol. The molecule has 0 radical (unpaired) electrons. The Morgan fingerprint density at radius 3 is 2.31 bits per heavy atom. The molecule has 1 aliphatic heterocycles. The molecule has 0 saturated carbocycles. The van der Waals surface area contributed by atoms with Crippen LogP contribution in [0.15, 0.2) is 24.5 Å². The molecule has 2 aromatic heterocycles. The van der Waals surface area contributed by atoms with Crippen LogP contribution < -0.4 is 11.1 Å². The molecule has 0 fully saturated rings. The first-order chi connectivity index (χ1) is 16.4. The van der Waals surface area contributed by atoms with E-state index in [-0.39, 0.29) is 11.5 Å². The Kier molecular flexibility index (Phi) is 9.59. The fourth-order valence-corrected chi connectivity index (χ4v) is 3.73. The molecule has 1 atom stereocenters. The van der Waals surface area contributed by atoms with Gasteiger partial charge in [0.05, 0.1) is 30.9 Å². The van der Waals surface area contributed by atoms with Crippen LogP contribution in [0.1, 0.15) is 85.2 Å². The van der Waals surface area contributed by atoms with Gasteiger partial charge in [0.25, 0.3) is 0 Å². The summed E-state index contributed by atoms with van der Waals surface area (Å²) >= 11 is 0. The largest absolute Gasteiger partial charge is 0.465 e. The first-order valence-electron chi connectivity index (χ1n) is 11.8. The molecule has 2 aromatic rings. The molecule has 35 heavy (non-hydrogen) atoms. The van der Waals surface area contributed by atoms with Crippen molar-refractivity contribution in [2.24, 2.45) is 0 Å². The summed E-state index contributed by atoms with van der Waals surface area (Å²) in [5.41, 5.74) is 8.00. The molecular weight excluding hydrogens is 448 g/mol. The van der Waals surface area contributed by atoms with Gasteiger partial charge in [0.2, 0.25) is 0 Å². The van der Waals surface area contributed by atoms with Crippen molar-refractivity contribution in [3.63, 3.8) is 0 Å². The van der Waals surface area contributed by atoms with Crippen molar-refractivity contribution in [2.45, 2.75) is 77.4 Å². The number of aliphatic hydroxyl groups is 1. The van der Waals surface area contributed by atoms with E-state index in [1.54, 1.807) is 26.1 Å². The number of methoxy groups -OCH3 is 2. The molecule has 3 rings (SSSR count). The van der Waals surface area contributed by atoms with E-state index in [0.717, 1.165) is 42.6 Å². The van der Waals surface area contributed by atoms with Gasteiger partial charge in [-0.05, 0) is 82.6 Å². The number of rotatable bonds is 7. The van der Waals surface area contributed by atoms with E-state index in [9.17, 15) is 14.7 Å². The van der Waals surface area contributed by atoms with Crippen LogP contribution in [-0.4, -0.2) is 52.4 Å². The molecule has 3 heterocycles. The lowest BCUT2D eigenvalue weighted by molar-refractivity contribution is 0.0591. The predicted octanol–water partition coefficient (Wildman–Crippen LogP) is 3.94. The highest BCUT2D eigenvalue weighted by atomic mass is 16.5. The summed E-state index contributed by atoms with van der Waals surface area (Å²) < 4.78 is 9.32. The van der Waals surface area contributed by atoms with Gasteiger partial charge in [0.15, 0.2) is 0 Å². The van der Waals surface area contributed by atoms with Crippen LogP contribution in [0, 0.1) is 0 Å². The van der Waals surface area contributed by atoms with Crippen LogP contribution in [0.5, 0.6) is 0 Å². The first kappa shape index (κ1) is 28.0. The summed E-state index contributed by atoms with van der Waals surface area (Å²) in [6.45, 7) is 7.89. The number of aromatic nitrogens is 2. The first-order valence-corrected chi connectivity index (χ1v) is 11.8. The van der Waals surface area contributed by atoms with Gasteiger partial charge in [0, 0.05) is 17.9 Å². The second kappa shape index (κ2) is 12.0. The maximum absolute atomic E-state index is 11.4. The van der Waals surface area contributed by atoms with Gasteiger partial charge < -0.3 is 25.6 Å². The summed E-state index contributed by atoms with van der Waals surface area (Å²) in [7, 11) is 2.71. The molecule has 0 aromatic carbocycles. The van der Waals surface area contributed by atoms with Crippen molar-refractivity contribution in [2.75, 3.05) is 25.3 Å². The number of nitrogens with one attached hydrogen (secondary N) is 1. The normalized spacial score (nSPS) is 16.8. The molecule has 4 N–H and O–H groups in total. The average Bonchev–Trinajstić information content (AvgIpc) is 2.83. The van der Waals surface area contributed by atoms with E-state index in [2.05, 4.69) is 33.9 Å². The molecule has 0 bridgehead atoms. The van der Waals surface area contributed by atoms with E-state index in [1.807, 2.05) is 6.07 Å². The Hall–Kier alpha value is -3.20. The Bertz CT molecular complexity index is 1030. The van der Waals surface area contributed by atoms with Crippen molar-refractivity contribution >= 4 is 23.6 Å². The molecule has 0 spiro atoms. The molecule has 1 aliphatic rings. The zero-order valence-corrected chi connectivity index (χ0v) is 21.6. The minimum absolute atomic E-state index is 0.118. The highest BCUT2D eigenvalue weighted by molar-refractivity contribution is 5.90. The minimum atomic E-state index is -0.692. The zero-order chi connectivity index (χ0) is 26.2. The maximum Gasteiger partial charge on any atom is 0.339 e. The summed E-state index contributed by atoms with van der Waals surface area (Å²) in [6.07, 6.45) is 8.16. The molecular formula is C26H38N4O5. The number of nitrogen functional groups attached to an aromatic ring is 1. The van der Waals surface area contributed by atoms with Gasteiger partial charge >= 0.3 is 11.9 Å². The number of pyridine rings is 2. The van der Waals surface area contributed by atoms with E-state index in [0.29, 0.717) is 29.8 Å². The third-order valence-electron chi connectivity index (χ3n) is 6.19. The van der Waals surface area contributed by atoms with Crippen LogP contribution in [-0.2, 0) is 22.3 Å². The van der Waals surface area contributed by atoms with Crippen LogP contribution >= 0.6 is 0 Å². The Morgan fingerprint density at radius 2 is 1.74 bits per heavy atom. The Balaban J connectivity index is 0.000000247. The molecule has 9 heteroatoms. The van der Waals surface area contributed by atoms with Crippen molar-refractivity contribution in [1.29, 1.82) is 0 Å². The Morgan fingerprint density at radius 1 is 1.14 bits per heavy atom. The number of carbonyl (C=O) groups is 2. The van der Waals surface area contributed by atoms with Crippen LogP contribution in [0.3, 0.4) is 0 Å². The predicted molar refractivity (Wildman–Crippen MR) is 135 cm³/mol. The molecule has 192 valence electrons. The lowest BCUT2D eigenvalue weighted by Gasteiger charge is -2.35. The minimum Gasteiger partial charge on any atom is -0.465 e. The Labute approximate surface area is 207 Å². The number of ether oxygens (including phenoxy) is 2. The summed E-state index contributed by atoms with van der Waals surface area (Å²) in [5, 5.41) is 13.1. The topological polar surface area (TPSA) is 137 Å². The van der Waals surface area contributed by atoms with Crippen molar-refractivity contribution in [1.82, 2.24) is 9.97 Å². The fourth-order valence-electron chi connectivity index (χ4n) is 3.73. The van der Waals surface area contributed by atoms with Gasteiger partial charge in [-0.1, -0.05) is 6.92 Å². The van der Waals surface area contributed by atoms with Crippen LogP contribution in [0.2, 0.25) is 0 Å². The standard InChI is InChI=1S/C13H20N2O3.C13H18N2O2/c1-13(2,17)6-4-5-9-7-10(12(16)18-3)8-15-11(9)14;1-4-13(2)6-5-9-7-10(12(16)17-3)8-14-11(9)15-13/h7-8,17H,4-6H2,1-3H3,(H2,14,15);7-8H,4-6H2,1-3H3,(H,14,15). The third-order valence-corrected chi connectivity index (χ3v) is 6.19. The van der Waals surface area contributed by atoms with Gasteiger partial charge in [-0.3, -0.25) is 0 Å². The molecule has 9 nitrogen and oxygen atoms in total. The number of aryl methyl sites for hydroxylation is 2. The number of hydrogen-bond donors (Lipinski definition) is 3. The maximum atomic E-state index is 11.4. The summed E-state index contributed by atoms with van der Waals surface area (Å²) in [6, 6.07) is 3.56. The smallest absolute Gasteiger partial charge is 0.339 e. The highest BCUT2D eigenvalue weighted by Crippen LogP contribution is 2.31. The van der Waals surface area contributed by atoms with Gasteiger partial charge in [-0.25, -0.2) is 19.6 Å². The molecule has 0 saturated heterocycles. The SMILES string of the molecule is CCC1(C)CCc2cc(C(=O)OC)cnc2N1.COC(=O)c1cnc(N)c(CCCC(C)(C)O)c1. The number of nitrogens with two attached hydrogens (primary N) is 1. The molecule has 0 aliphatic carbocycles. The number of fused-ring (bicyclic) bond motifs is 1. The fraction of sp³-hybridized carbons (Fsp3) is 0.538. The van der Waals surface area contributed by atoms with Gasteiger partial charge in [-0.15, -0.1) is 0 Å². The second-order valence-corrected chi connectivity index (χ2v) is 9.69. The van der Waals surface area contributed by atoms with E-state index in [1.165, 1.54) is 20.4 Å². The van der Waals surface area contributed by atoms with E-state index in [4.69, 9.17) is 10.5 Å². The van der Waals surface area contributed by atoms with Crippen LogP contribution in [0.25, 0.3) is 0 Å². The molecule has 1 unspecified atom stereocenters. The number of hydrogen-bond acceptors (Lipinski definition) is 9. The number of nitrogens with zero attached hydrogens (tertiary/aromatic N) is 2. The lowest BCUT2D eigenvalue weighted by Crippen LogP contribution is -2.38. The van der Waals surface area contributed by atoms with Crippen molar-refractivity contribution < 1.29 is 24.2 Å². The third kappa shape index (κ3) is 8.20. The lowest BCUT2D eigenvalue weighted by atomic mass is 9.87. The van der Waals surface area contributed by atoms with Crippen LogP contribution in [0.4, 0.5) is 11.6 Å². The van der Waals surface area contributed by atoms with Gasteiger partial charge in [-0.2, -0.15) is 0 Å². The summed E-state index contributed by atoms with van der Waals surface area (Å²) in [4.78, 5) is 31.1. The number of esters is 2. The van der Waals surface area contributed by atoms with Gasteiger partial charge in [0.1, 0.15) is 11.6 Å². The molecule has 0 amide bonds. The number of anilines is 2. The summed E-state index contributed by atoms with van der Waals surface area (Å²) in [5.74, 6) is 0.557. The van der Waals surface area contributed by atoms with Crippen molar-refractivity contribution in [3.05, 3.63) is 46.8 Å². The average molecular weight is 487 g/mol. The van der Waals surface area contributed by atoms with E-state index >= 15 is 0 Å². The van der Waals surface area contributed by atoms with Crippen molar-refractivity contribution in [3.8, 4) is 0 Å². The van der Waals surface area contributed by atoms with E-state index < -0.39 is 11.6 Å². The highest BCUT2D eigenvalue weighted by Gasteiger charge is 2.28. The zero-order valence-electron chi connectivity index (χ0n) is 21.6. The second-order valence-electron chi connectivity index (χ2n) is 9.69. The number of carbonyl (C=O) groups excluding carboxylic acids is 2. The quantitative estimate of drug-likeness (QED) is 0.497.